The summed E-state index contributed by atoms with van der Waals surface area (Å²) in [4.78, 5) is 4.15. The first-order valence-corrected chi connectivity index (χ1v) is 8.27. The predicted octanol–water partition coefficient (Wildman–Crippen LogP) is 2.52. The minimum atomic E-state index is -0.858. The molecule has 0 aliphatic carbocycles. The smallest absolute Gasteiger partial charge is 0.191 e. The maximum Gasteiger partial charge on any atom is 0.191 e. The van der Waals surface area contributed by atoms with Gasteiger partial charge in [0.2, 0.25) is 0 Å². The molecule has 0 amide bonds. The Morgan fingerprint density at radius 3 is 2.38 bits per heavy atom. The second-order valence-electron chi connectivity index (χ2n) is 5.65. The Labute approximate surface area is 147 Å². The highest BCUT2D eigenvalue weighted by atomic mass is 127. The van der Waals surface area contributed by atoms with Crippen LogP contribution in [0.5, 0.6) is 0 Å². The molecular weight excluding hydrogens is 397 g/mol. The SMILES string of the molecule is CN=C(NCCS(=O)Cc1ccccc1)NC(C)(C)C.I. The molecule has 0 radical (unpaired) electrons. The van der Waals surface area contributed by atoms with Gasteiger partial charge in [0, 0.05) is 41.4 Å². The monoisotopic (exact) mass is 423 g/mol. The van der Waals surface area contributed by atoms with Crippen LogP contribution < -0.4 is 10.6 Å². The molecule has 4 nitrogen and oxygen atoms in total. The van der Waals surface area contributed by atoms with Gasteiger partial charge < -0.3 is 10.6 Å². The first-order chi connectivity index (χ1) is 9.40. The highest BCUT2D eigenvalue weighted by Gasteiger charge is 2.11. The van der Waals surface area contributed by atoms with Crippen molar-refractivity contribution >= 4 is 40.7 Å². The summed E-state index contributed by atoms with van der Waals surface area (Å²) < 4.78 is 12.0. The summed E-state index contributed by atoms with van der Waals surface area (Å²) in [6, 6.07) is 9.92. The van der Waals surface area contributed by atoms with E-state index in [1.165, 1.54) is 0 Å². The standard InChI is InChI=1S/C15H25N3OS.HI/c1-15(2,3)18-14(16-4)17-10-11-20(19)12-13-8-6-5-7-9-13;/h5-9H,10-12H2,1-4H3,(H2,16,17,18);1H. The van der Waals surface area contributed by atoms with Crippen LogP contribution in [0.1, 0.15) is 26.3 Å². The van der Waals surface area contributed by atoms with Crippen molar-refractivity contribution in [1.29, 1.82) is 0 Å². The van der Waals surface area contributed by atoms with Gasteiger partial charge in [-0.15, -0.1) is 24.0 Å². The molecule has 0 bridgehead atoms. The zero-order valence-corrected chi connectivity index (χ0v) is 16.3. The lowest BCUT2D eigenvalue weighted by Gasteiger charge is -2.23. The first-order valence-electron chi connectivity index (χ1n) is 6.78. The number of aliphatic imine (C=N–C) groups is 1. The van der Waals surface area contributed by atoms with Crippen molar-refractivity contribution in [2.24, 2.45) is 4.99 Å². The molecule has 0 fully saturated rings. The molecule has 0 saturated carbocycles. The van der Waals surface area contributed by atoms with Crippen molar-refractivity contribution in [3.8, 4) is 0 Å². The van der Waals surface area contributed by atoms with Crippen LogP contribution in [-0.2, 0) is 16.6 Å². The fourth-order valence-corrected chi connectivity index (χ4v) is 2.69. The average Bonchev–Trinajstić information content (AvgIpc) is 2.37. The maximum absolute atomic E-state index is 12.0. The lowest BCUT2D eigenvalue weighted by Crippen LogP contribution is -2.48. The summed E-state index contributed by atoms with van der Waals surface area (Å²) in [6.07, 6.45) is 0. The quantitative estimate of drug-likeness (QED) is 0.435. The Hall–Kier alpha value is -0.630. The summed E-state index contributed by atoms with van der Waals surface area (Å²) in [5.74, 6) is 1.96. The van der Waals surface area contributed by atoms with Gasteiger partial charge in [-0.05, 0) is 26.3 Å². The lowest BCUT2D eigenvalue weighted by molar-refractivity contribution is 0.502. The average molecular weight is 423 g/mol. The van der Waals surface area contributed by atoms with Crippen molar-refractivity contribution in [1.82, 2.24) is 10.6 Å². The van der Waals surface area contributed by atoms with Crippen LogP contribution in [0.3, 0.4) is 0 Å². The number of nitrogens with zero attached hydrogens (tertiary/aromatic N) is 1. The highest BCUT2D eigenvalue weighted by molar-refractivity contribution is 14.0. The Morgan fingerprint density at radius 1 is 1.24 bits per heavy atom. The zero-order valence-electron chi connectivity index (χ0n) is 13.2. The molecule has 0 saturated heterocycles. The molecule has 1 rings (SSSR count). The third-order valence-electron chi connectivity index (χ3n) is 2.51. The van der Waals surface area contributed by atoms with E-state index in [9.17, 15) is 4.21 Å². The van der Waals surface area contributed by atoms with Crippen molar-refractivity contribution < 1.29 is 4.21 Å². The molecule has 0 aromatic heterocycles. The third kappa shape index (κ3) is 9.84. The summed E-state index contributed by atoms with van der Waals surface area (Å²) in [5.41, 5.74) is 1.08. The fourth-order valence-electron chi connectivity index (χ4n) is 1.65. The van der Waals surface area contributed by atoms with Crippen molar-refractivity contribution in [2.45, 2.75) is 32.1 Å². The Morgan fingerprint density at radius 2 is 1.86 bits per heavy atom. The molecule has 120 valence electrons. The zero-order chi connectivity index (χ0) is 15.0. The number of hydrogen-bond donors (Lipinski definition) is 2. The summed E-state index contributed by atoms with van der Waals surface area (Å²) >= 11 is 0. The van der Waals surface area contributed by atoms with Crippen molar-refractivity contribution in [3.63, 3.8) is 0 Å². The van der Waals surface area contributed by atoms with Crippen molar-refractivity contribution in [2.75, 3.05) is 19.3 Å². The van der Waals surface area contributed by atoms with E-state index in [0.717, 1.165) is 11.5 Å². The molecule has 0 heterocycles. The van der Waals surface area contributed by atoms with Crippen LogP contribution in [0.15, 0.2) is 35.3 Å². The molecule has 1 aromatic rings. The number of rotatable bonds is 5. The van der Waals surface area contributed by atoms with Gasteiger partial charge in [-0.3, -0.25) is 9.20 Å². The Kier molecular flexibility index (Phi) is 9.85. The molecule has 1 unspecified atom stereocenters. The van der Waals surface area contributed by atoms with Gasteiger partial charge in [0.05, 0.1) is 0 Å². The van der Waals surface area contributed by atoms with E-state index < -0.39 is 10.8 Å². The number of hydrogen-bond acceptors (Lipinski definition) is 2. The molecule has 6 heteroatoms. The normalized spacial score (nSPS) is 13.2. The van der Waals surface area contributed by atoms with E-state index in [4.69, 9.17) is 0 Å². The predicted molar refractivity (Wildman–Crippen MR) is 103 cm³/mol. The van der Waals surface area contributed by atoms with E-state index in [1.807, 2.05) is 30.3 Å². The van der Waals surface area contributed by atoms with E-state index in [1.54, 1.807) is 7.05 Å². The van der Waals surface area contributed by atoms with E-state index in [-0.39, 0.29) is 29.5 Å². The van der Waals surface area contributed by atoms with Gasteiger partial charge in [0.25, 0.3) is 0 Å². The van der Waals surface area contributed by atoms with Crippen LogP contribution in [0.4, 0.5) is 0 Å². The van der Waals surface area contributed by atoms with E-state index in [2.05, 4.69) is 36.4 Å². The van der Waals surface area contributed by atoms with Gasteiger partial charge in [0.15, 0.2) is 5.96 Å². The summed E-state index contributed by atoms with van der Waals surface area (Å²) in [6.45, 7) is 6.88. The highest BCUT2D eigenvalue weighted by Crippen LogP contribution is 2.02. The minimum Gasteiger partial charge on any atom is -0.355 e. The van der Waals surface area contributed by atoms with E-state index in [0.29, 0.717) is 18.1 Å². The van der Waals surface area contributed by atoms with E-state index >= 15 is 0 Å². The number of guanidine groups is 1. The van der Waals surface area contributed by atoms with Gasteiger partial charge >= 0.3 is 0 Å². The Bertz CT molecular complexity index is 458. The summed E-state index contributed by atoms with van der Waals surface area (Å²) in [5, 5.41) is 6.46. The van der Waals surface area contributed by atoms with Gasteiger partial charge in [-0.1, -0.05) is 30.3 Å². The van der Waals surface area contributed by atoms with Crippen LogP contribution >= 0.6 is 24.0 Å². The molecule has 0 aliphatic heterocycles. The first kappa shape index (κ1) is 20.4. The van der Waals surface area contributed by atoms with Gasteiger partial charge in [0.1, 0.15) is 0 Å². The van der Waals surface area contributed by atoms with Gasteiger partial charge in [-0.2, -0.15) is 0 Å². The maximum atomic E-state index is 12.0. The second kappa shape index (κ2) is 10.2. The second-order valence-corrected chi connectivity index (χ2v) is 7.22. The number of halogens is 1. The number of nitrogens with one attached hydrogen (secondary N) is 2. The van der Waals surface area contributed by atoms with Crippen molar-refractivity contribution in [3.05, 3.63) is 35.9 Å². The van der Waals surface area contributed by atoms with Crippen LogP contribution in [0, 0.1) is 0 Å². The van der Waals surface area contributed by atoms with Crippen LogP contribution in [0.25, 0.3) is 0 Å². The molecule has 0 aliphatic rings. The fraction of sp³-hybridized carbons (Fsp3) is 0.533. The Balaban J connectivity index is 0.00000400. The number of benzene rings is 1. The largest absolute Gasteiger partial charge is 0.355 e. The van der Waals surface area contributed by atoms with Crippen LogP contribution in [0.2, 0.25) is 0 Å². The topological polar surface area (TPSA) is 53.5 Å². The molecule has 1 atom stereocenters. The summed E-state index contributed by atoms with van der Waals surface area (Å²) in [7, 11) is 0.880. The minimum absolute atomic E-state index is 0. The van der Waals surface area contributed by atoms with Crippen LogP contribution in [-0.4, -0.2) is 35.1 Å². The molecule has 2 N–H and O–H groups in total. The molecular formula is C15H26IN3OS. The van der Waals surface area contributed by atoms with Gasteiger partial charge in [-0.25, -0.2) is 0 Å². The molecule has 0 spiro atoms. The molecule has 1 aromatic carbocycles. The lowest BCUT2D eigenvalue weighted by atomic mass is 10.1. The third-order valence-corrected chi connectivity index (χ3v) is 3.82. The molecule has 21 heavy (non-hydrogen) atoms.